The van der Waals surface area contributed by atoms with Gasteiger partial charge >= 0.3 is 0 Å². The van der Waals surface area contributed by atoms with E-state index in [0.717, 1.165) is 18.2 Å². The van der Waals surface area contributed by atoms with E-state index in [9.17, 15) is 4.39 Å². The lowest BCUT2D eigenvalue weighted by Gasteiger charge is -2.29. The van der Waals surface area contributed by atoms with Gasteiger partial charge in [0.1, 0.15) is 0 Å². The Labute approximate surface area is 116 Å². The summed E-state index contributed by atoms with van der Waals surface area (Å²) < 4.78 is 19.2. The molecule has 0 atom stereocenters. The van der Waals surface area contributed by atoms with Gasteiger partial charge in [-0.25, -0.2) is 4.39 Å². The number of hydrogen-bond acceptors (Lipinski definition) is 2. The van der Waals surface area contributed by atoms with Crippen molar-refractivity contribution < 1.29 is 9.13 Å². The number of halogens is 2. The zero-order valence-electron chi connectivity index (χ0n) is 10.7. The minimum atomic E-state index is -0.482. The van der Waals surface area contributed by atoms with Crippen LogP contribution in [-0.2, 0) is 0 Å². The van der Waals surface area contributed by atoms with Gasteiger partial charge in [0.05, 0.1) is 18.2 Å². The number of ether oxygens (including phenoxy) is 1. The van der Waals surface area contributed by atoms with Crippen molar-refractivity contribution in [1.29, 1.82) is 5.26 Å². The van der Waals surface area contributed by atoms with Crippen molar-refractivity contribution in [2.75, 3.05) is 11.9 Å². The van der Waals surface area contributed by atoms with E-state index in [4.69, 9.17) is 10.00 Å². The molecule has 2 nitrogen and oxygen atoms in total. The van der Waals surface area contributed by atoms with Crippen LogP contribution in [0.5, 0.6) is 5.75 Å². The summed E-state index contributed by atoms with van der Waals surface area (Å²) in [6.45, 7) is 4.67. The maximum absolute atomic E-state index is 13.6. The lowest BCUT2D eigenvalue weighted by atomic mass is 9.86. The van der Waals surface area contributed by atoms with Gasteiger partial charge in [0.25, 0.3) is 0 Å². The second-order valence-electron chi connectivity index (χ2n) is 4.39. The summed E-state index contributed by atoms with van der Waals surface area (Å²) in [7, 11) is 0. The van der Waals surface area contributed by atoms with Gasteiger partial charge in [0, 0.05) is 10.7 Å². The van der Waals surface area contributed by atoms with Crippen LogP contribution in [0.4, 0.5) is 4.39 Å². The van der Waals surface area contributed by atoms with Gasteiger partial charge in [-0.1, -0.05) is 29.8 Å². The predicted octanol–water partition coefficient (Wildman–Crippen LogP) is 4.28. The van der Waals surface area contributed by atoms with Gasteiger partial charge < -0.3 is 4.74 Å². The molecule has 0 bridgehead atoms. The zero-order chi connectivity index (χ0) is 13.6. The molecule has 0 aliphatic carbocycles. The van der Waals surface area contributed by atoms with Crippen molar-refractivity contribution in [3.8, 4) is 11.8 Å². The zero-order valence-corrected chi connectivity index (χ0v) is 12.3. The molecule has 0 fully saturated rings. The van der Waals surface area contributed by atoms with E-state index >= 15 is 0 Å². The van der Waals surface area contributed by atoms with Crippen molar-refractivity contribution in [3.63, 3.8) is 0 Å². The van der Waals surface area contributed by atoms with Gasteiger partial charge in [0.15, 0.2) is 11.6 Å². The number of hydrogen-bond donors (Lipinski definition) is 0. The van der Waals surface area contributed by atoms with Crippen LogP contribution < -0.4 is 4.74 Å². The number of nitrogens with zero attached hydrogens (tertiary/aromatic N) is 1. The quantitative estimate of drug-likeness (QED) is 0.734. The van der Waals surface area contributed by atoms with E-state index in [1.165, 1.54) is 12.1 Å². The SMILES string of the molecule is CCC(CC)(CBr)COc1ccc(C#N)cc1F. The smallest absolute Gasteiger partial charge is 0.166 e. The summed E-state index contributed by atoms with van der Waals surface area (Å²) in [5.41, 5.74) is 0.331. The van der Waals surface area contributed by atoms with Crippen LogP contribution in [0, 0.1) is 22.6 Å². The van der Waals surface area contributed by atoms with Crippen LogP contribution in [0.3, 0.4) is 0 Å². The van der Waals surface area contributed by atoms with Crippen LogP contribution in [-0.4, -0.2) is 11.9 Å². The molecule has 1 aromatic rings. The van der Waals surface area contributed by atoms with Gasteiger partial charge in [0.2, 0.25) is 0 Å². The molecule has 0 saturated carbocycles. The van der Waals surface area contributed by atoms with E-state index in [0.29, 0.717) is 12.2 Å². The molecule has 1 rings (SSSR count). The third kappa shape index (κ3) is 3.46. The molecule has 1 aromatic carbocycles. The van der Waals surface area contributed by atoms with Crippen LogP contribution in [0.2, 0.25) is 0 Å². The largest absolute Gasteiger partial charge is 0.490 e. The molecule has 0 heterocycles. The fourth-order valence-corrected chi connectivity index (χ4v) is 2.55. The molecule has 18 heavy (non-hydrogen) atoms. The topological polar surface area (TPSA) is 33.0 Å². The first-order chi connectivity index (χ1) is 8.60. The predicted molar refractivity (Wildman–Crippen MR) is 73.4 cm³/mol. The molecule has 0 aliphatic rings. The first-order valence-corrected chi connectivity index (χ1v) is 7.11. The maximum Gasteiger partial charge on any atom is 0.166 e. The van der Waals surface area contributed by atoms with Crippen molar-refractivity contribution in [2.24, 2.45) is 5.41 Å². The molecule has 0 aromatic heterocycles. The highest BCUT2D eigenvalue weighted by Crippen LogP contribution is 2.30. The molecule has 98 valence electrons. The van der Waals surface area contributed by atoms with Crippen LogP contribution in [0.15, 0.2) is 18.2 Å². The summed E-state index contributed by atoms with van der Waals surface area (Å²) in [4.78, 5) is 0. The third-order valence-electron chi connectivity index (χ3n) is 3.38. The summed E-state index contributed by atoms with van der Waals surface area (Å²) in [5, 5.41) is 9.49. The average Bonchev–Trinajstić information content (AvgIpc) is 2.42. The van der Waals surface area contributed by atoms with Crippen molar-refractivity contribution in [3.05, 3.63) is 29.6 Å². The number of alkyl halides is 1. The molecule has 0 saturated heterocycles. The second kappa shape index (κ2) is 6.75. The average molecular weight is 314 g/mol. The Morgan fingerprint density at radius 3 is 2.50 bits per heavy atom. The van der Waals surface area contributed by atoms with Crippen LogP contribution >= 0.6 is 15.9 Å². The molecule has 4 heteroatoms. The maximum atomic E-state index is 13.6. The molecule has 0 amide bonds. The molecule has 0 N–H and O–H groups in total. The van der Waals surface area contributed by atoms with Crippen molar-refractivity contribution >= 4 is 15.9 Å². The fraction of sp³-hybridized carbons (Fsp3) is 0.500. The van der Waals surface area contributed by atoms with E-state index in [-0.39, 0.29) is 11.2 Å². The lowest BCUT2D eigenvalue weighted by molar-refractivity contribution is 0.153. The number of rotatable bonds is 6. The number of benzene rings is 1. The Hall–Kier alpha value is -1.08. The molecule has 0 aliphatic heterocycles. The van der Waals surface area contributed by atoms with E-state index < -0.39 is 5.82 Å². The fourth-order valence-electron chi connectivity index (χ4n) is 1.60. The van der Waals surface area contributed by atoms with Crippen molar-refractivity contribution in [2.45, 2.75) is 26.7 Å². The second-order valence-corrected chi connectivity index (χ2v) is 4.95. The highest BCUT2D eigenvalue weighted by Gasteiger charge is 2.26. The molecular weight excluding hydrogens is 297 g/mol. The Morgan fingerprint density at radius 2 is 2.06 bits per heavy atom. The highest BCUT2D eigenvalue weighted by molar-refractivity contribution is 9.09. The summed E-state index contributed by atoms with van der Waals surface area (Å²) in [6.07, 6.45) is 1.93. The summed E-state index contributed by atoms with van der Waals surface area (Å²) >= 11 is 3.49. The highest BCUT2D eigenvalue weighted by atomic mass is 79.9. The normalized spacial score (nSPS) is 11.1. The van der Waals surface area contributed by atoms with Gasteiger partial charge in [-0.2, -0.15) is 5.26 Å². The first-order valence-electron chi connectivity index (χ1n) is 5.99. The third-order valence-corrected chi connectivity index (χ3v) is 4.57. The Balaban J connectivity index is 2.77. The monoisotopic (exact) mass is 313 g/mol. The summed E-state index contributed by atoms with van der Waals surface area (Å²) in [6, 6.07) is 6.17. The Kier molecular flexibility index (Phi) is 5.61. The molecule has 0 unspecified atom stereocenters. The molecule has 0 spiro atoms. The van der Waals surface area contributed by atoms with Crippen molar-refractivity contribution in [1.82, 2.24) is 0 Å². The minimum absolute atomic E-state index is 0.0281. The van der Waals surface area contributed by atoms with Gasteiger partial charge in [-0.3, -0.25) is 0 Å². The minimum Gasteiger partial charge on any atom is -0.490 e. The van der Waals surface area contributed by atoms with Gasteiger partial charge in [-0.05, 0) is 31.0 Å². The van der Waals surface area contributed by atoms with Crippen LogP contribution in [0.1, 0.15) is 32.3 Å². The Morgan fingerprint density at radius 1 is 1.39 bits per heavy atom. The van der Waals surface area contributed by atoms with E-state index in [2.05, 4.69) is 29.8 Å². The number of nitriles is 1. The van der Waals surface area contributed by atoms with E-state index in [1.54, 1.807) is 6.07 Å². The Bertz CT molecular complexity index is 430. The summed E-state index contributed by atoms with van der Waals surface area (Å²) in [5.74, 6) is -0.272. The first kappa shape index (κ1) is 15.0. The molecular formula is C14H17BrFNO. The lowest BCUT2D eigenvalue weighted by Crippen LogP contribution is -2.29. The van der Waals surface area contributed by atoms with Gasteiger partial charge in [-0.15, -0.1) is 0 Å². The van der Waals surface area contributed by atoms with Crippen LogP contribution in [0.25, 0.3) is 0 Å². The standard InChI is InChI=1S/C14H17BrFNO/c1-3-14(4-2,9-15)10-18-13-6-5-11(8-17)7-12(13)16/h5-7H,3-4,9-10H2,1-2H3. The van der Waals surface area contributed by atoms with E-state index in [1.807, 2.05) is 6.07 Å². The molecule has 0 radical (unpaired) electrons.